The number of nitrogens with one attached hydrogen (secondary N) is 1. The summed E-state index contributed by atoms with van der Waals surface area (Å²) in [6, 6.07) is 6.63. The van der Waals surface area contributed by atoms with Crippen LogP contribution in [0.5, 0.6) is 0 Å². The molecule has 2 N–H and O–H groups in total. The van der Waals surface area contributed by atoms with Crippen LogP contribution in [0.1, 0.15) is 41.6 Å². The molecule has 0 radical (unpaired) electrons. The average Bonchev–Trinajstić information content (AvgIpc) is 2.71. The molecule has 1 saturated heterocycles. The highest BCUT2D eigenvalue weighted by Gasteiger charge is 2.34. The lowest BCUT2D eigenvalue weighted by Gasteiger charge is -2.16. The summed E-state index contributed by atoms with van der Waals surface area (Å²) in [5.41, 5.74) is 1.16. The minimum atomic E-state index is -0.942. The van der Waals surface area contributed by atoms with Crippen molar-refractivity contribution in [1.29, 1.82) is 0 Å². The first-order valence-corrected chi connectivity index (χ1v) is 6.24. The maximum atomic E-state index is 11.9. The van der Waals surface area contributed by atoms with Gasteiger partial charge in [-0.2, -0.15) is 0 Å². The van der Waals surface area contributed by atoms with Gasteiger partial charge in [-0.15, -0.1) is 0 Å². The molecule has 0 saturated carbocycles. The maximum absolute atomic E-state index is 11.9. The first-order chi connectivity index (χ1) is 8.63. The second-order valence-corrected chi connectivity index (χ2v) is 4.70. The molecule has 4 heteroatoms. The van der Waals surface area contributed by atoms with Gasteiger partial charge in [0.1, 0.15) is 0 Å². The topological polar surface area (TPSA) is 66.4 Å². The molecule has 1 aliphatic rings. The molecule has 1 aromatic rings. The molecule has 2 atom stereocenters. The van der Waals surface area contributed by atoms with Crippen LogP contribution < -0.4 is 5.32 Å². The van der Waals surface area contributed by atoms with E-state index in [-0.39, 0.29) is 17.4 Å². The minimum absolute atomic E-state index is 0.0523. The highest BCUT2D eigenvalue weighted by atomic mass is 16.4. The van der Waals surface area contributed by atoms with Crippen LogP contribution in [0.3, 0.4) is 0 Å². The number of carboxylic acids is 1. The third kappa shape index (κ3) is 2.37. The maximum Gasteiger partial charge on any atom is 0.335 e. The molecule has 0 spiro atoms. The molecule has 0 bridgehead atoms. The zero-order valence-electron chi connectivity index (χ0n) is 10.3. The summed E-state index contributed by atoms with van der Waals surface area (Å²) in [5, 5.41) is 11.7. The van der Waals surface area contributed by atoms with Crippen molar-refractivity contribution in [2.45, 2.75) is 25.7 Å². The van der Waals surface area contributed by atoms with E-state index < -0.39 is 5.97 Å². The van der Waals surface area contributed by atoms with Crippen molar-refractivity contribution in [3.8, 4) is 0 Å². The van der Waals surface area contributed by atoms with E-state index in [1.165, 1.54) is 0 Å². The Morgan fingerprint density at radius 1 is 1.39 bits per heavy atom. The number of rotatable bonds is 4. The van der Waals surface area contributed by atoms with Crippen LogP contribution in [0.4, 0.5) is 0 Å². The number of aromatic carboxylic acids is 1. The van der Waals surface area contributed by atoms with Crippen LogP contribution in [0, 0.1) is 5.92 Å². The first-order valence-electron chi connectivity index (χ1n) is 6.24. The highest BCUT2D eigenvalue weighted by molar-refractivity contribution is 5.89. The molecule has 1 aromatic carbocycles. The number of amides is 1. The summed E-state index contributed by atoms with van der Waals surface area (Å²) >= 11 is 0. The number of hydrogen-bond acceptors (Lipinski definition) is 2. The van der Waals surface area contributed by atoms with Gasteiger partial charge in [0.2, 0.25) is 5.91 Å². The smallest absolute Gasteiger partial charge is 0.335 e. The molecule has 1 fully saturated rings. The van der Waals surface area contributed by atoms with E-state index in [1.807, 2.05) is 0 Å². The molecule has 1 aliphatic heterocycles. The predicted octanol–water partition coefficient (Wildman–Crippen LogP) is 2.01. The molecule has 2 rings (SSSR count). The number of carbonyl (C=O) groups is 2. The molecule has 0 aliphatic carbocycles. The Balaban J connectivity index is 2.23. The van der Waals surface area contributed by atoms with Crippen LogP contribution in [0.25, 0.3) is 0 Å². The minimum Gasteiger partial charge on any atom is -0.478 e. The molecule has 96 valence electrons. The number of hydrogen-bond donors (Lipinski definition) is 2. The van der Waals surface area contributed by atoms with Crippen LogP contribution in [-0.4, -0.2) is 23.5 Å². The van der Waals surface area contributed by atoms with Gasteiger partial charge in [-0.3, -0.25) is 4.79 Å². The number of carbonyl (C=O) groups excluding carboxylic acids is 1. The van der Waals surface area contributed by atoms with Gasteiger partial charge < -0.3 is 10.4 Å². The van der Waals surface area contributed by atoms with Crippen molar-refractivity contribution in [3.63, 3.8) is 0 Å². The number of carboxylic acid groups (broad SMARTS) is 1. The zero-order chi connectivity index (χ0) is 13.1. The molecule has 4 nitrogen and oxygen atoms in total. The quantitative estimate of drug-likeness (QED) is 0.855. The lowest BCUT2D eigenvalue weighted by Crippen LogP contribution is -2.18. The molecule has 1 unspecified atom stereocenters. The summed E-state index contributed by atoms with van der Waals surface area (Å²) in [4.78, 5) is 22.6. The fourth-order valence-corrected chi connectivity index (χ4v) is 2.57. The Kier molecular flexibility index (Phi) is 3.65. The summed E-state index contributed by atoms with van der Waals surface area (Å²) in [6.07, 6.45) is 2.05. The van der Waals surface area contributed by atoms with E-state index in [2.05, 4.69) is 12.2 Å². The Morgan fingerprint density at radius 3 is 2.61 bits per heavy atom. The molecular weight excluding hydrogens is 230 g/mol. The Morgan fingerprint density at radius 2 is 2.06 bits per heavy atom. The Bertz CT molecular complexity index is 453. The standard InChI is InChI=1S/C14H17NO3/c1-2-3-11-8-15-13(16)12(11)9-4-6-10(7-5-9)14(17)18/h4-7,11-12H,2-3,8H2,1H3,(H,15,16)(H,17,18)/t11?,12-/m0/s1. The summed E-state index contributed by atoms with van der Waals surface area (Å²) in [5.74, 6) is -0.704. The van der Waals surface area contributed by atoms with Crippen molar-refractivity contribution in [2.75, 3.05) is 6.54 Å². The van der Waals surface area contributed by atoms with E-state index in [0.717, 1.165) is 24.9 Å². The largest absolute Gasteiger partial charge is 0.478 e. The second-order valence-electron chi connectivity index (χ2n) is 4.70. The van der Waals surface area contributed by atoms with Crippen molar-refractivity contribution >= 4 is 11.9 Å². The third-order valence-electron chi connectivity index (χ3n) is 3.47. The zero-order valence-corrected chi connectivity index (χ0v) is 10.3. The van der Waals surface area contributed by atoms with E-state index in [0.29, 0.717) is 5.92 Å². The first kappa shape index (κ1) is 12.6. The van der Waals surface area contributed by atoms with Gasteiger partial charge in [0, 0.05) is 6.54 Å². The monoisotopic (exact) mass is 247 g/mol. The van der Waals surface area contributed by atoms with Gasteiger partial charge in [-0.05, 0) is 30.0 Å². The van der Waals surface area contributed by atoms with Gasteiger partial charge in [0.05, 0.1) is 11.5 Å². The fourth-order valence-electron chi connectivity index (χ4n) is 2.57. The van der Waals surface area contributed by atoms with Gasteiger partial charge in [-0.1, -0.05) is 25.5 Å². The van der Waals surface area contributed by atoms with Crippen LogP contribution in [-0.2, 0) is 4.79 Å². The van der Waals surface area contributed by atoms with Crippen molar-refractivity contribution < 1.29 is 14.7 Å². The van der Waals surface area contributed by atoms with E-state index >= 15 is 0 Å². The molecule has 1 heterocycles. The molecule has 1 amide bonds. The summed E-state index contributed by atoms with van der Waals surface area (Å²) in [6.45, 7) is 2.82. The van der Waals surface area contributed by atoms with Gasteiger partial charge in [0.15, 0.2) is 0 Å². The van der Waals surface area contributed by atoms with Crippen molar-refractivity contribution in [1.82, 2.24) is 5.32 Å². The molecule has 18 heavy (non-hydrogen) atoms. The Hall–Kier alpha value is -1.84. The molecule has 0 aromatic heterocycles. The van der Waals surface area contributed by atoms with Crippen LogP contribution in [0.15, 0.2) is 24.3 Å². The van der Waals surface area contributed by atoms with Crippen LogP contribution in [0.2, 0.25) is 0 Å². The van der Waals surface area contributed by atoms with Gasteiger partial charge in [-0.25, -0.2) is 4.79 Å². The van der Waals surface area contributed by atoms with E-state index in [4.69, 9.17) is 5.11 Å². The fraction of sp³-hybridized carbons (Fsp3) is 0.429. The SMILES string of the molecule is CCCC1CNC(=O)[C@H]1c1ccc(C(=O)O)cc1. The summed E-state index contributed by atoms with van der Waals surface area (Å²) in [7, 11) is 0. The van der Waals surface area contributed by atoms with Crippen molar-refractivity contribution in [3.05, 3.63) is 35.4 Å². The highest BCUT2D eigenvalue weighted by Crippen LogP contribution is 2.32. The predicted molar refractivity (Wildman–Crippen MR) is 67.6 cm³/mol. The van der Waals surface area contributed by atoms with E-state index in [1.54, 1.807) is 24.3 Å². The summed E-state index contributed by atoms with van der Waals surface area (Å²) < 4.78 is 0. The van der Waals surface area contributed by atoms with E-state index in [9.17, 15) is 9.59 Å². The van der Waals surface area contributed by atoms with Crippen LogP contribution >= 0.6 is 0 Å². The number of benzene rings is 1. The molecular formula is C14H17NO3. The Labute approximate surface area is 106 Å². The van der Waals surface area contributed by atoms with Gasteiger partial charge in [0.25, 0.3) is 0 Å². The average molecular weight is 247 g/mol. The van der Waals surface area contributed by atoms with Crippen molar-refractivity contribution in [2.24, 2.45) is 5.92 Å². The third-order valence-corrected chi connectivity index (χ3v) is 3.47. The normalized spacial score (nSPS) is 22.8. The van der Waals surface area contributed by atoms with Gasteiger partial charge >= 0.3 is 5.97 Å². The lowest BCUT2D eigenvalue weighted by atomic mass is 9.85. The lowest BCUT2D eigenvalue weighted by molar-refractivity contribution is -0.120. The second kappa shape index (κ2) is 5.21.